The molecule has 112 valence electrons. The summed E-state index contributed by atoms with van der Waals surface area (Å²) >= 11 is 0. The maximum atomic E-state index is 5.82. The lowest BCUT2D eigenvalue weighted by atomic mass is 10.0. The molecule has 0 amide bonds. The minimum absolute atomic E-state index is 0.560. The molecule has 1 aromatic rings. The molecule has 3 nitrogen and oxygen atoms in total. The quantitative estimate of drug-likeness (QED) is 0.861. The molecule has 1 heterocycles. The standard InChI is InChI=1S/C17H28N2O/c1-4-9-14-13-19(15(5-2)12-18-14)16-10-7-8-11-17(16)20-6-3/h7-8,10-11,14-15,18H,4-6,9,12-13H2,1-3H3. The first-order chi connectivity index (χ1) is 9.80. The van der Waals surface area contributed by atoms with Crippen molar-refractivity contribution in [2.24, 2.45) is 0 Å². The van der Waals surface area contributed by atoms with E-state index in [-0.39, 0.29) is 0 Å². The van der Waals surface area contributed by atoms with Crippen LogP contribution in [0.2, 0.25) is 0 Å². The third-order valence-corrected chi connectivity index (χ3v) is 4.08. The Morgan fingerprint density at radius 1 is 1.25 bits per heavy atom. The van der Waals surface area contributed by atoms with Crippen LogP contribution in [0.1, 0.15) is 40.0 Å². The molecule has 1 aliphatic heterocycles. The molecule has 3 heteroatoms. The van der Waals surface area contributed by atoms with Crippen molar-refractivity contribution in [1.29, 1.82) is 0 Å². The van der Waals surface area contributed by atoms with Crippen LogP contribution in [0.15, 0.2) is 24.3 Å². The molecular formula is C17H28N2O. The fraction of sp³-hybridized carbons (Fsp3) is 0.647. The number of nitrogens with one attached hydrogen (secondary N) is 1. The highest BCUT2D eigenvalue weighted by Crippen LogP contribution is 2.31. The Kier molecular flexibility index (Phi) is 5.72. The molecular weight excluding hydrogens is 248 g/mol. The Morgan fingerprint density at radius 3 is 2.75 bits per heavy atom. The second kappa shape index (κ2) is 7.53. The number of para-hydroxylation sites is 2. The zero-order valence-electron chi connectivity index (χ0n) is 13.1. The van der Waals surface area contributed by atoms with E-state index >= 15 is 0 Å². The minimum Gasteiger partial charge on any atom is -0.492 e. The van der Waals surface area contributed by atoms with Gasteiger partial charge in [0, 0.05) is 25.2 Å². The molecule has 0 aliphatic carbocycles. The average Bonchev–Trinajstić information content (AvgIpc) is 2.48. The van der Waals surface area contributed by atoms with Crippen molar-refractivity contribution >= 4 is 5.69 Å². The Bertz CT molecular complexity index is 408. The minimum atomic E-state index is 0.560. The van der Waals surface area contributed by atoms with Crippen LogP contribution in [0.4, 0.5) is 5.69 Å². The summed E-state index contributed by atoms with van der Waals surface area (Å²) in [6.45, 7) is 9.44. The van der Waals surface area contributed by atoms with E-state index in [1.165, 1.54) is 18.5 Å². The first-order valence-corrected chi connectivity index (χ1v) is 8.01. The van der Waals surface area contributed by atoms with Gasteiger partial charge in [-0.3, -0.25) is 0 Å². The zero-order valence-corrected chi connectivity index (χ0v) is 13.1. The van der Waals surface area contributed by atoms with Gasteiger partial charge in [0.2, 0.25) is 0 Å². The van der Waals surface area contributed by atoms with E-state index in [1.54, 1.807) is 0 Å². The molecule has 1 fully saturated rings. The number of hydrogen-bond donors (Lipinski definition) is 1. The van der Waals surface area contributed by atoms with Crippen LogP contribution in [0.3, 0.4) is 0 Å². The molecule has 0 spiro atoms. The Balaban J connectivity index is 2.21. The monoisotopic (exact) mass is 276 g/mol. The topological polar surface area (TPSA) is 24.5 Å². The van der Waals surface area contributed by atoms with Gasteiger partial charge >= 0.3 is 0 Å². The summed E-state index contributed by atoms with van der Waals surface area (Å²) in [5.41, 5.74) is 1.25. The number of anilines is 1. The predicted octanol–water partition coefficient (Wildman–Crippen LogP) is 3.44. The van der Waals surface area contributed by atoms with Crippen molar-refractivity contribution in [2.45, 2.75) is 52.1 Å². The van der Waals surface area contributed by atoms with Gasteiger partial charge in [-0.05, 0) is 31.9 Å². The van der Waals surface area contributed by atoms with E-state index in [9.17, 15) is 0 Å². The third kappa shape index (κ3) is 3.45. The van der Waals surface area contributed by atoms with Gasteiger partial charge in [-0.25, -0.2) is 0 Å². The van der Waals surface area contributed by atoms with E-state index in [4.69, 9.17) is 4.74 Å². The summed E-state index contributed by atoms with van der Waals surface area (Å²) < 4.78 is 5.82. The third-order valence-electron chi connectivity index (χ3n) is 4.08. The van der Waals surface area contributed by atoms with Crippen LogP contribution in [0, 0.1) is 0 Å². The molecule has 2 rings (SSSR count). The maximum absolute atomic E-state index is 5.82. The molecule has 1 N–H and O–H groups in total. The number of hydrogen-bond acceptors (Lipinski definition) is 3. The molecule has 1 aliphatic rings. The van der Waals surface area contributed by atoms with Gasteiger partial charge in [0.15, 0.2) is 0 Å². The highest BCUT2D eigenvalue weighted by molar-refractivity contribution is 5.59. The second-order valence-corrected chi connectivity index (χ2v) is 5.51. The molecule has 0 saturated carbocycles. The van der Waals surface area contributed by atoms with Gasteiger partial charge in [-0.2, -0.15) is 0 Å². The molecule has 1 saturated heterocycles. The lowest BCUT2D eigenvalue weighted by Gasteiger charge is -2.42. The maximum Gasteiger partial charge on any atom is 0.142 e. The number of benzene rings is 1. The number of nitrogens with zero attached hydrogens (tertiary/aromatic N) is 1. The lowest BCUT2D eigenvalue weighted by molar-refractivity contribution is 0.331. The highest BCUT2D eigenvalue weighted by atomic mass is 16.5. The summed E-state index contributed by atoms with van der Waals surface area (Å²) in [5, 5.41) is 3.69. The van der Waals surface area contributed by atoms with E-state index in [2.05, 4.69) is 48.3 Å². The predicted molar refractivity (Wildman–Crippen MR) is 85.7 cm³/mol. The van der Waals surface area contributed by atoms with Crippen molar-refractivity contribution in [1.82, 2.24) is 5.32 Å². The van der Waals surface area contributed by atoms with Crippen LogP contribution in [0.5, 0.6) is 5.75 Å². The Hall–Kier alpha value is -1.22. The second-order valence-electron chi connectivity index (χ2n) is 5.51. The molecule has 2 atom stereocenters. The summed E-state index contributed by atoms with van der Waals surface area (Å²) in [4.78, 5) is 2.54. The van der Waals surface area contributed by atoms with E-state index in [1.807, 2.05) is 6.92 Å². The molecule has 2 unspecified atom stereocenters. The van der Waals surface area contributed by atoms with E-state index in [0.29, 0.717) is 12.1 Å². The smallest absolute Gasteiger partial charge is 0.142 e. The zero-order chi connectivity index (χ0) is 14.4. The van der Waals surface area contributed by atoms with E-state index in [0.717, 1.165) is 31.9 Å². The van der Waals surface area contributed by atoms with Gasteiger partial charge in [-0.15, -0.1) is 0 Å². The van der Waals surface area contributed by atoms with Crippen LogP contribution < -0.4 is 15.0 Å². The lowest BCUT2D eigenvalue weighted by Crippen LogP contribution is -2.56. The Morgan fingerprint density at radius 2 is 2.05 bits per heavy atom. The summed E-state index contributed by atoms with van der Waals surface area (Å²) in [7, 11) is 0. The van der Waals surface area contributed by atoms with Gasteiger partial charge < -0.3 is 15.0 Å². The van der Waals surface area contributed by atoms with E-state index < -0.39 is 0 Å². The summed E-state index contributed by atoms with van der Waals surface area (Å²) in [5.74, 6) is 1.02. The number of ether oxygens (including phenoxy) is 1. The van der Waals surface area contributed by atoms with Crippen molar-refractivity contribution in [3.63, 3.8) is 0 Å². The number of piperazine rings is 1. The largest absolute Gasteiger partial charge is 0.492 e. The van der Waals surface area contributed by atoms with Crippen LogP contribution in [-0.4, -0.2) is 31.8 Å². The van der Waals surface area contributed by atoms with Crippen LogP contribution >= 0.6 is 0 Å². The van der Waals surface area contributed by atoms with Crippen LogP contribution in [-0.2, 0) is 0 Å². The fourth-order valence-electron chi connectivity index (χ4n) is 3.04. The first kappa shape index (κ1) is 15.2. The first-order valence-electron chi connectivity index (χ1n) is 8.01. The average molecular weight is 276 g/mol. The Labute approximate surface area is 123 Å². The fourth-order valence-corrected chi connectivity index (χ4v) is 3.04. The summed E-state index contributed by atoms with van der Waals surface area (Å²) in [6, 6.07) is 9.61. The normalized spacial score (nSPS) is 22.9. The van der Waals surface area contributed by atoms with Crippen molar-refractivity contribution in [2.75, 3.05) is 24.6 Å². The van der Waals surface area contributed by atoms with Crippen LogP contribution in [0.25, 0.3) is 0 Å². The number of rotatable bonds is 6. The van der Waals surface area contributed by atoms with Gasteiger partial charge in [-0.1, -0.05) is 32.4 Å². The molecule has 1 aromatic carbocycles. The molecule has 20 heavy (non-hydrogen) atoms. The van der Waals surface area contributed by atoms with Gasteiger partial charge in [0.05, 0.1) is 12.3 Å². The highest BCUT2D eigenvalue weighted by Gasteiger charge is 2.28. The molecule has 0 radical (unpaired) electrons. The van der Waals surface area contributed by atoms with Crippen molar-refractivity contribution in [3.8, 4) is 5.75 Å². The SMILES string of the molecule is CCCC1CN(c2ccccc2OCC)C(CC)CN1. The molecule has 0 aromatic heterocycles. The summed E-state index contributed by atoms with van der Waals surface area (Å²) in [6.07, 6.45) is 3.63. The van der Waals surface area contributed by atoms with Gasteiger partial charge in [0.1, 0.15) is 5.75 Å². The van der Waals surface area contributed by atoms with Crippen molar-refractivity contribution in [3.05, 3.63) is 24.3 Å². The van der Waals surface area contributed by atoms with Gasteiger partial charge in [0.25, 0.3) is 0 Å². The van der Waals surface area contributed by atoms with Crippen molar-refractivity contribution < 1.29 is 4.74 Å². The molecule has 0 bridgehead atoms.